The zero-order chi connectivity index (χ0) is 26.9. The first-order valence-electron chi connectivity index (χ1n) is 12.3. The first kappa shape index (κ1) is 24.9. The Morgan fingerprint density at radius 2 is 2.00 bits per heavy atom. The third-order valence-electron chi connectivity index (χ3n) is 7.76. The molecule has 8 nitrogen and oxygen atoms in total. The molecular formula is C27H26F2N6O2S. The van der Waals surface area contributed by atoms with Crippen molar-refractivity contribution in [2.75, 3.05) is 30.8 Å². The van der Waals surface area contributed by atoms with E-state index in [4.69, 9.17) is 10.5 Å². The van der Waals surface area contributed by atoms with Crippen molar-refractivity contribution in [1.29, 1.82) is 5.26 Å². The molecule has 0 saturated carbocycles. The number of nitrogens with zero attached hydrogens (tertiary/aromatic N) is 5. The van der Waals surface area contributed by atoms with Crippen molar-refractivity contribution in [3.05, 3.63) is 46.7 Å². The van der Waals surface area contributed by atoms with Gasteiger partial charge < -0.3 is 20.5 Å². The predicted molar refractivity (Wildman–Crippen MR) is 143 cm³/mol. The van der Waals surface area contributed by atoms with Crippen molar-refractivity contribution >= 4 is 43.3 Å². The highest BCUT2D eigenvalue weighted by Gasteiger charge is 2.37. The van der Waals surface area contributed by atoms with Crippen LogP contribution in [0.2, 0.25) is 0 Å². The van der Waals surface area contributed by atoms with Crippen LogP contribution in [0.1, 0.15) is 30.5 Å². The van der Waals surface area contributed by atoms with E-state index >= 15 is 8.78 Å². The second-order valence-corrected chi connectivity index (χ2v) is 11.2. The van der Waals surface area contributed by atoms with Gasteiger partial charge in [0.05, 0.1) is 30.9 Å². The molecule has 0 radical (unpaired) electrons. The van der Waals surface area contributed by atoms with Gasteiger partial charge in [-0.15, -0.1) is 11.3 Å². The van der Waals surface area contributed by atoms with E-state index in [0.29, 0.717) is 39.7 Å². The highest BCUT2D eigenvalue weighted by atomic mass is 32.1. The van der Waals surface area contributed by atoms with Gasteiger partial charge in [-0.3, -0.25) is 4.90 Å². The largest absolute Gasteiger partial charge is 0.390 e. The fourth-order valence-electron chi connectivity index (χ4n) is 5.57. The Morgan fingerprint density at radius 3 is 2.74 bits per heavy atom. The molecule has 0 amide bonds. The lowest BCUT2D eigenvalue weighted by molar-refractivity contribution is 0.0823. The van der Waals surface area contributed by atoms with Gasteiger partial charge in [-0.2, -0.15) is 5.26 Å². The summed E-state index contributed by atoms with van der Waals surface area (Å²) < 4.78 is 38.3. The molecule has 2 aliphatic heterocycles. The van der Waals surface area contributed by atoms with Crippen molar-refractivity contribution < 1.29 is 18.6 Å². The van der Waals surface area contributed by atoms with Gasteiger partial charge in [0, 0.05) is 51.9 Å². The summed E-state index contributed by atoms with van der Waals surface area (Å²) in [6.45, 7) is 5.21. The molecule has 0 bridgehead atoms. The Morgan fingerprint density at radius 1 is 1.24 bits per heavy atom. The summed E-state index contributed by atoms with van der Waals surface area (Å²) in [6.07, 6.45) is 0.958. The topological polar surface area (TPSA) is 112 Å². The zero-order valence-corrected chi connectivity index (χ0v) is 21.9. The number of nitrogen functional groups attached to an aromatic ring is 1. The average molecular weight is 537 g/mol. The van der Waals surface area contributed by atoms with E-state index in [9.17, 15) is 10.4 Å². The van der Waals surface area contributed by atoms with Crippen LogP contribution in [-0.2, 0) is 18.0 Å². The predicted octanol–water partition coefficient (Wildman–Crippen LogP) is 4.16. The number of hydrogen-bond acceptors (Lipinski definition) is 9. The molecular weight excluding hydrogens is 510 g/mol. The minimum atomic E-state index is -0.705. The summed E-state index contributed by atoms with van der Waals surface area (Å²) >= 11 is 1.16. The van der Waals surface area contributed by atoms with Gasteiger partial charge in [-0.05, 0) is 44.2 Å². The molecule has 6 rings (SSSR count). The van der Waals surface area contributed by atoms with Gasteiger partial charge in [0.2, 0.25) is 5.95 Å². The molecule has 11 heteroatoms. The lowest BCUT2D eigenvalue weighted by Gasteiger charge is -2.29. The quantitative estimate of drug-likeness (QED) is 0.400. The molecule has 1 fully saturated rings. The van der Waals surface area contributed by atoms with E-state index in [1.54, 1.807) is 12.3 Å². The average Bonchev–Trinajstić information content (AvgIpc) is 3.61. The fourth-order valence-corrected chi connectivity index (χ4v) is 6.50. The van der Waals surface area contributed by atoms with Crippen LogP contribution in [0.4, 0.5) is 19.7 Å². The van der Waals surface area contributed by atoms with E-state index in [1.807, 2.05) is 11.9 Å². The summed E-state index contributed by atoms with van der Waals surface area (Å²) in [7, 11) is 1.96. The normalized spacial score (nSPS) is 19.3. The van der Waals surface area contributed by atoms with E-state index in [-0.39, 0.29) is 58.5 Å². The van der Waals surface area contributed by atoms with Crippen LogP contribution in [0.25, 0.3) is 32.1 Å². The molecule has 0 unspecified atom stereocenters. The van der Waals surface area contributed by atoms with E-state index in [2.05, 4.69) is 34.8 Å². The first-order chi connectivity index (χ1) is 18.2. The molecule has 0 aliphatic carbocycles. The molecule has 4 aromatic rings. The maximum Gasteiger partial charge on any atom is 0.226 e. The monoisotopic (exact) mass is 536 g/mol. The minimum absolute atomic E-state index is 0.0106. The third kappa shape index (κ3) is 3.63. The van der Waals surface area contributed by atoms with E-state index in [0.717, 1.165) is 11.3 Å². The number of aliphatic hydroxyl groups is 1. The standard InChI is InChI=1S/C27H26F2N6O2S/c1-12(2)34(3)18-8-35(9-19(18)36)27-32-7-14-15-10-37-11-16(15)22(24(29)25(14)33-27)23-17(28)4-5-20-21(23)13(6-30)26(31)38-20/h4-5,7,12,18-19,36H,8-11,31H2,1-3H3/t18-,19-/m1/s1. The van der Waals surface area contributed by atoms with Gasteiger partial charge in [0.1, 0.15) is 22.4 Å². The number of fused-ring (bicyclic) bond motifs is 4. The Kier molecular flexibility index (Phi) is 5.96. The number of aromatic nitrogens is 2. The number of nitrogens with two attached hydrogens (primary N) is 1. The Balaban J connectivity index is 1.56. The number of likely N-dealkylation sites (N-methyl/N-ethyl adjacent to an activating group) is 1. The van der Waals surface area contributed by atoms with Crippen molar-refractivity contribution in [3.63, 3.8) is 0 Å². The Bertz CT molecular complexity index is 1650. The Labute approximate surface area is 221 Å². The Hall–Kier alpha value is -3.43. The van der Waals surface area contributed by atoms with Crippen molar-refractivity contribution in [3.8, 4) is 17.2 Å². The number of thiophene rings is 1. The van der Waals surface area contributed by atoms with Gasteiger partial charge in [-0.25, -0.2) is 18.7 Å². The van der Waals surface area contributed by atoms with Crippen LogP contribution >= 0.6 is 11.3 Å². The second-order valence-electron chi connectivity index (χ2n) is 10.1. The summed E-state index contributed by atoms with van der Waals surface area (Å²) in [5.74, 6) is -1.07. The van der Waals surface area contributed by atoms with Crippen LogP contribution in [-0.4, -0.2) is 58.3 Å². The van der Waals surface area contributed by atoms with Crippen LogP contribution in [0.15, 0.2) is 18.3 Å². The molecule has 196 valence electrons. The highest BCUT2D eigenvalue weighted by molar-refractivity contribution is 7.23. The van der Waals surface area contributed by atoms with Crippen molar-refractivity contribution in [1.82, 2.24) is 14.9 Å². The second kappa shape index (κ2) is 9.10. The lowest BCUT2D eigenvalue weighted by atomic mass is 9.90. The maximum absolute atomic E-state index is 16.5. The van der Waals surface area contributed by atoms with Crippen LogP contribution < -0.4 is 10.6 Å². The van der Waals surface area contributed by atoms with Gasteiger partial charge in [0.25, 0.3) is 0 Å². The number of anilines is 2. The van der Waals surface area contributed by atoms with Crippen LogP contribution in [0.3, 0.4) is 0 Å². The summed E-state index contributed by atoms with van der Waals surface area (Å²) in [6, 6.07) is 4.99. The third-order valence-corrected chi connectivity index (χ3v) is 8.75. The summed E-state index contributed by atoms with van der Waals surface area (Å²) in [5.41, 5.74) is 7.46. The number of benzene rings is 2. The van der Waals surface area contributed by atoms with Crippen molar-refractivity contribution in [2.24, 2.45) is 0 Å². The summed E-state index contributed by atoms with van der Waals surface area (Å²) in [5, 5.41) is 21.5. The van der Waals surface area contributed by atoms with Crippen LogP contribution in [0, 0.1) is 23.0 Å². The number of ether oxygens (including phenoxy) is 1. The molecule has 2 aliphatic rings. The van der Waals surface area contributed by atoms with Crippen molar-refractivity contribution in [2.45, 2.75) is 45.2 Å². The molecule has 2 aromatic carbocycles. The van der Waals surface area contributed by atoms with Gasteiger partial charge in [0.15, 0.2) is 5.82 Å². The van der Waals surface area contributed by atoms with E-state index < -0.39 is 17.7 Å². The zero-order valence-electron chi connectivity index (χ0n) is 21.1. The number of nitriles is 1. The molecule has 4 heterocycles. The fraction of sp³-hybridized carbons (Fsp3) is 0.370. The smallest absolute Gasteiger partial charge is 0.226 e. The molecule has 3 N–H and O–H groups in total. The SMILES string of the molecule is CC(C)N(C)[C@@H]1CN(c2ncc3c4c(c(-c5c(F)ccc6sc(N)c(C#N)c56)c(F)c3n2)COC4)C[C@H]1O. The first-order valence-corrected chi connectivity index (χ1v) is 13.2. The minimum Gasteiger partial charge on any atom is -0.390 e. The molecule has 2 atom stereocenters. The molecule has 1 saturated heterocycles. The maximum atomic E-state index is 16.5. The lowest BCUT2D eigenvalue weighted by Crippen LogP contribution is -2.44. The number of halogens is 2. The molecule has 0 spiro atoms. The van der Waals surface area contributed by atoms with Gasteiger partial charge >= 0.3 is 0 Å². The number of rotatable bonds is 4. The number of hydrogen-bond donors (Lipinski definition) is 2. The number of β-amino-alcohol motifs (C(OH)–C–C–N with tert-alkyl or cyclic N) is 1. The van der Waals surface area contributed by atoms with Gasteiger partial charge in [-0.1, -0.05) is 0 Å². The molecule has 2 aromatic heterocycles. The molecule has 38 heavy (non-hydrogen) atoms. The van der Waals surface area contributed by atoms with E-state index in [1.165, 1.54) is 6.07 Å². The highest BCUT2D eigenvalue weighted by Crippen LogP contribution is 2.46. The number of aliphatic hydroxyl groups excluding tert-OH is 1. The van der Waals surface area contributed by atoms with Crippen LogP contribution in [0.5, 0.6) is 0 Å². The summed E-state index contributed by atoms with van der Waals surface area (Å²) in [4.78, 5) is 13.0.